The van der Waals surface area contributed by atoms with E-state index in [0.717, 1.165) is 24.8 Å². The molecule has 2 bridgehead atoms. The highest BCUT2D eigenvalue weighted by atomic mass is 32.2. The van der Waals surface area contributed by atoms with E-state index in [9.17, 15) is 18.0 Å². The molecular formula is C19H24N2O4S. The number of piperidine rings is 1. The molecule has 0 aromatic heterocycles. The van der Waals surface area contributed by atoms with Gasteiger partial charge in [-0.25, -0.2) is 8.42 Å². The van der Waals surface area contributed by atoms with Gasteiger partial charge in [0.15, 0.2) is 0 Å². The topological polar surface area (TPSA) is 74.8 Å². The summed E-state index contributed by atoms with van der Waals surface area (Å²) < 4.78 is 28.0. The first-order valence-electron chi connectivity index (χ1n) is 9.39. The Morgan fingerprint density at radius 1 is 0.923 bits per heavy atom. The molecule has 2 unspecified atom stereocenters. The smallest absolute Gasteiger partial charge is 0.243 e. The lowest BCUT2D eigenvalue weighted by molar-refractivity contribution is -0.142. The van der Waals surface area contributed by atoms with Crippen molar-refractivity contribution in [2.24, 2.45) is 0 Å². The van der Waals surface area contributed by atoms with Crippen molar-refractivity contribution in [3.8, 4) is 0 Å². The van der Waals surface area contributed by atoms with Gasteiger partial charge in [0.1, 0.15) is 0 Å². The van der Waals surface area contributed by atoms with Gasteiger partial charge in [0.2, 0.25) is 21.8 Å². The van der Waals surface area contributed by atoms with Crippen molar-refractivity contribution in [1.82, 2.24) is 9.21 Å². The van der Waals surface area contributed by atoms with Crippen LogP contribution in [0.3, 0.4) is 0 Å². The minimum Gasteiger partial charge on any atom is -0.279 e. The molecule has 26 heavy (non-hydrogen) atoms. The van der Waals surface area contributed by atoms with E-state index in [4.69, 9.17) is 0 Å². The molecule has 1 aromatic carbocycles. The Morgan fingerprint density at radius 3 is 1.96 bits per heavy atom. The number of hydrogen-bond donors (Lipinski definition) is 0. The van der Waals surface area contributed by atoms with Crippen molar-refractivity contribution in [3.05, 3.63) is 29.8 Å². The maximum Gasteiger partial charge on any atom is 0.243 e. The van der Waals surface area contributed by atoms with Gasteiger partial charge in [-0.15, -0.1) is 0 Å². The molecule has 0 aliphatic carbocycles. The summed E-state index contributed by atoms with van der Waals surface area (Å²) in [5.41, 5.74) is 1.11. The van der Waals surface area contributed by atoms with Crippen molar-refractivity contribution < 1.29 is 18.0 Å². The molecule has 2 atom stereocenters. The van der Waals surface area contributed by atoms with E-state index in [-0.39, 0.29) is 42.8 Å². The molecule has 7 heteroatoms. The number of imide groups is 1. The van der Waals surface area contributed by atoms with Crippen molar-refractivity contribution in [2.45, 2.75) is 74.9 Å². The van der Waals surface area contributed by atoms with Gasteiger partial charge in [-0.05, 0) is 49.8 Å². The quantitative estimate of drug-likeness (QED) is 0.754. The number of fused-ring (bicyclic) bond motifs is 2. The zero-order chi connectivity index (χ0) is 18.5. The van der Waals surface area contributed by atoms with E-state index in [0.29, 0.717) is 17.7 Å². The molecule has 3 aliphatic rings. The van der Waals surface area contributed by atoms with Crippen LogP contribution in [0, 0.1) is 0 Å². The number of carbonyl (C=O) groups is 2. The van der Waals surface area contributed by atoms with Crippen molar-refractivity contribution in [1.29, 1.82) is 0 Å². The maximum absolute atomic E-state index is 13.2. The van der Waals surface area contributed by atoms with Crippen LogP contribution in [0.5, 0.6) is 0 Å². The molecule has 0 saturated carbocycles. The average molecular weight is 376 g/mol. The third-order valence-electron chi connectivity index (χ3n) is 6.00. The zero-order valence-electron chi connectivity index (χ0n) is 14.9. The predicted molar refractivity (Wildman–Crippen MR) is 95.8 cm³/mol. The molecule has 3 saturated heterocycles. The summed E-state index contributed by atoms with van der Waals surface area (Å²) in [6.07, 6.45) is 4.15. The second-order valence-electron chi connectivity index (χ2n) is 7.50. The van der Waals surface area contributed by atoms with Crippen LogP contribution in [0.25, 0.3) is 0 Å². The summed E-state index contributed by atoms with van der Waals surface area (Å²) in [6.45, 7) is 2.04. The first-order valence-corrected chi connectivity index (χ1v) is 10.8. The standard InChI is InChI=1S/C19H24N2O4S/c1-2-13-3-7-17(8-4-13)26(24,25)21-14-5-6-15(21)12-16(11-14)20-18(22)9-10-19(20)23/h3-4,7-8,14-16H,2,5-6,9-12H2,1H3. The molecule has 140 valence electrons. The van der Waals surface area contributed by atoms with Gasteiger partial charge < -0.3 is 0 Å². The number of benzene rings is 1. The molecule has 1 aromatic rings. The van der Waals surface area contributed by atoms with Crippen LogP contribution in [-0.4, -0.2) is 47.6 Å². The fraction of sp³-hybridized carbons (Fsp3) is 0.579. The monoisotopic (exact) mass is 376 g/mol. The SMILES string of the molecule is CCc1ccc(S(=O)(=O)N2C3CCC2CC(N2C(=O)CCC2=O)C3)cc1. The lowest BCUT2D eigenvalue weighted by Gasteiger charge is -2.40. The minimum absolute atomic E-state index is 0.106. The summed E-state index contributed by atoms with van der Waals surface area (Å²) >= 11 is 0. The van der Waals surface area contributed by atoms with Crippen LogP contribution in [0.15, 0.2) is 29.2 Å². The van der Waals surface area contributed by atoms with E-state index < -0.39 is 10.0 Å². The molecule has 2 amide bonds. The number of amides is 2. The second kappa shape index (κ2) is 6.46. The number of aryl methyl sites for hydroxylation is 1. The van der Waals surface area contributed by atoms with E-state index in [1.54, 1.807) is 16.4 Å². The molecule has 6 nitrogen and oxygen atoms in total. The van der Waals surface area contributed by atoms with Crippen LogP contribution < -0.4 is 0 Å². The fourth-order valence-electron chi connectivity index (χ4n) is 4.73. The predicted octanol–water partition coefficient (Wildman–Crippen LogP) is 2.08. The number of likely N-dealkylation sites (tertiary alicyclic amines) is 1. The normalized spacial score (nSPS) is 29.6. The van der Waals surface area contributed by atoms with Crippen molar-refractivity contribution in [2.75, 3.05) is 0 Å². The lowest BCUT2D eigenvalue weighted by atomic mass is 9.98. The summed E-state index contributed by atoms with van der Waals surface area (Å²) in [7, 11) is -3.55. The van der Waals surface area contributed by atoms with Crippen molar-refractivity contribution >= 4 is 21.8 Å². The Morgan fingerprint density at radius 2 is 1.46 bits per heavy atom. The van der Waals surface area contributed by atoms with Gasteiger partial charge in [-0.2, -0.15) is 4.31 Å². The summed E-state index contributed by atoms with van der Waals surface area (Å²) in [4.78, 5) is 25.8. The van der Waals surface area contributed by atoms with Crippen LogP contribution in [0.4, 0.5) is 0 Å². The number of sulfonamides is 1. The van der Waals surface area contributed by atoms with Crippen LogP contribution in [-0.2, 0) is 26.0 Å². The van der Waals surface area contributed by atoms with E-state index in [1.165, 1.54) is 4.90 Å². The highest BCUT2D eigenvalue weighted by molar-refractivity contribution is 7.89. The van der Waals surface area contributed by atoms with E-state index >= 15 is 0 Å². The van der Waals surface area contributed by atoms with Gasteiger partial charge in [0.05, 0.1) is 4.90 Å². The van der Waals surface area contributed by atoms with Crippen LogP contribution in [0.2, 0.25) is 0 Å². The molecule has 0 spiro atoms. The highest BCUT2D eigenvalue weighted by Gasteiger charge is 2.50. The van der Waals surface area contributed by atoms with Gasteiger partial charge >= 0.3 is 0 Å². The molecule has 3 fully saturated rings. The molecule has 4 rings (SSSR count). The van der Waals surface area contributed by atoms with Crippen molar-refractivity contribution in [3.63, 3.8) is 0 Å². The minimum atomic E-state index is -3.55. The zero-order valence-corrected chi connectivity index (χ0v) is 15.7. The van der Waals surface area contributed by atoms with Crippen LogP contribution in [0.1, 0.15) is 51.0 Å². The Kier molecular flexibility index (Phi) is 4.39. The summed E-state index contributed by atoms with van der Waals surface area (Å²) in [5.74, 6) is -0.211. The highest BCUT2D eigenvalue weighted by Crippen LogP contribution is 2.42. The Bertz CT molecular complexity index is 804. The van der Waals surface area contributed by atoms with E-state index in [2.05, 4.69) is 0 Å². The number of nitrogens with zero attached hydrogens (tertiary/aromatic N) is 2. The Hall–Kier alpha value is -1.73. The molecule has 0 radical (unpaired) electrons. The first kappa shape index (κ1) is 17.7. The molecule has 3 heterocycles. The van der Waals surface area contributed by atoms with Crippen LogP contribution >= 0.6 is 0 Å². The van der Waals surface area contributed by atoms with E-state index in [1.807, 2.05) is 19.1 Å². The van der Waals surface area contributed by atoms with Gasteiger partial charge in [0.25, 0.3) is 0 Å². The molecule has 0 N–H and O–H groups in total. The largest absolute Gasteiger partial charge is 0.279 e. The van der Waals surface area contributed by atoms with Gasteiger partial charge in [0, 0.05) is 31.0 Å². The third kappa shape index (κ3) is 2.77. The van der Waals surface area contributed by atoms with Gasteiger partial charge in [-0.1, -0.05) is 19.1 Å². The molecular weight excluding hydrogens is 352 g/mol. The Labute approximate surface area is 154 Å². The second-order valence-corrected chi connectivity index (χ2v) is 9.34. The molecule has 3 aliphatic heterocycles. The number of rotatable bonds is 4. The summed E-state index contributed by atoms with van der Waals surface area (Å²) in [5, 5.41) is 0. The first-order chi connectivity index (χ1) is 12.4. The summed E-state index contributed by atoms with van der Waals surface area (Å²) in [6, 6.07) is 6.70. The fourth-order valence-corrected chi connectivity index (χ4v) is 6.62. The third-order valence-corrected chi connectivity index (χ3v) is 8.02. The van der Waals surface area contributed by atoms with Gasteiger partial charge in [-0.3, -0.25) is 14.5 Å². The lowest BCUT2D eigenvalue weighted by Crippen LogP contribution is -2.53. The average Bonchev–Trinajstić information content (AvgIpc) is 3.11. The number of carbonyl (C=O) groups excluding carboxylic acids is 2. The maximum atomic E-state index is 13.2. The number of hydrogen-bond acceptors (Lipinski definition) is 4. The Balaban J connectivity index is 1.58.